The number of rotatable bonds is 6. The van der Waals surface area contributed by atoms with Crippen LogP contribution in [0.15, 0.2) is 24.3 Å². The zero-order valence-electron chi connectivity index (χ0n) is 9.92. The van der Waals surface area contributed by atoms with E-state index >= 15 is 0 Å². The van der Waals surface area contributed by atoms with Crippen LogP contribution < -0.4 is 10.1 Å². The number of ether oxygens (including phenoxy) is 1. The van der Waals surface area contributed by atoms with Crippen molar-refractivity contribution >= 4 is 11.9 Å². The molecule has 0 spiro atoms. The third-order valence-electron chi connectivity index (χ3n) is 2.22. The van der Waals surface area contributed by atoms with Gasteiger partial charge in [0.25, 0.3) is 0 Å². The molecule has 18 heavy (non-hydrogen) atoms. The molecule has 0 aliphatic heterocycles. The summed E-state index contributed by atoms with van der Waals surface area (Å²) in [6.45, 7) is 0.831. The molecule has 1 unspecified atom stereocenters. The van der Waals surface area contributed by atoms with Gasteiger partial charge < -0.3 is 20.3 Å². The zero-order chi connectivity index (χ0) is 13.5. The number of benzene rings is 1. The second-order valence-electron chi connectivity index (χ2n) is 3.67. The van der Waals surface area contributed by atoms with E-state index in [2.05, 4.69) is 5.32 Å². The van der Waals surface area contributed by atoms with Crippen LogP contribution >= 0.6 is 0 Å². The van der Waals surface area contributed by atoms with Gasteiger partial charge in [0.2, 0.25) is 5.91 Å². The minimum Gasteiger partial charge on any atom is -0.490 e. The summed E-state index contributed by atoms with van der Waals surface area (Å²) in [5, 5.41) is 20.2. The Labute approximate surface area is 104 Å². The monoisotopic (exact) mass is 253 g/mol. The van der Waals surface area contributed by atoms with E-state index in [1.165, 1.54) is 6.92 Å². The van der Waals surface area contributed by atoms with Crippen molar-refractivity contribution in [1.82, 2.24) is 5.32 Å². The number of hydrogen-bond acceptors (Lipinski definition) is 4. The van der Waals surface area contributed by atoms with Crippen LogP contribution in [0.1, 0.15) is 12.5 Å². The number of nitrogens with one attached hydrogen (secondary N) is 1. The highest BCUT2D eigenvalue weighted by Crippen LogP contribution is 2.17. The van der Waals surface area contributed by atoms with Crippen LogP contribution in [0.3, 0.4) is 0 Å². The largest absolute Gasteiger partial charge is 0.490 e. The average molecular weight is 253 g/mol. The Bertz CT molecular complexity index is 432. The summed E-state index contributed by atoms with van der Waals surface area (Å²) in [6.07, 6.45) is 0. The fourth-order valence-corrected chi connectivity index (χ4v) is 1.37. The number of aliphatic hydroxyl groups is 1. The number of para-hydroxylation sites is 1. The van der Waals surface area contributed by atoms with E-state index in [9.17, 15) is 9.59 Å². The van der Waals surface area contributed by atoms with Crippen LogP contribution in [0, 0.1) is 0 Å². The molecule has 6 nitrogen and oxygen atoms in total. The van der Waals surface area contributed by atoms with Crippen molar-refractivity contribution in [3.05, 3.63) is 29.8 Å². The maximum atomic E-state index is 10.9. The molecule has 98 valence electrons. The smallest absolute Gasteiger partial charge is 0.329 e. The summed E-state index contributed by atoms with van der Waals surface area (Å²) in [4.78, 5) is 21.7. The number of amides is 1. The van der Waals surface area contributed by atoms with Crippen molar-refractivity contribution in [2.24, 2.45) is 0 Å². The average Bonchev–Trinajstić information content (AvgIpc) is 2.34. The lowest BCUT2D eigenvalue weighted by molar-refractivity contribution is -0.142. The Balaban J connectivity index is 2.66. The van der Waals surface area contributed by atoms with E-state index in [0.29, 0.717) is 11.3 Å². The fourth-order valence-electron chi connectivity index (χ4n) is 1.37. The molecule has 0 aliphatic carbocycles. The molecule has 0 bridgehead atoms. The Morgan fingerprint density at radius 3 is 2.61 bits per heavy atom. The van der Waals surface area contributed by atoms with Gasteiger partial charge in [-0.3, -0.25) is 4.79 Å². The summed E-state index contributed by atoms with van der Waals surface area (Å²) >= 11 is 0. The first-order valence-electron chi connectivity index (χ1n) is 5.36. The van der Waals surface area contributed by atoms with Gasteiger partial charge in [0, 0.05) is 12.5 Å². The highest BCUT2D eigenvalue weighted by molar-refractivity contribution is 5.82. The van der Waals surface area contributed by atoms with Gasteiger partial charge in [-0.2, -0.15) is 0 Å². The summed E-state index contributed by atoms with van der Waals surface area (Å²) in [5.74, 6) is -1.22. The number of carboxylic acids is 1. The molecule has 0 saturated heterocycles. The van der Waals surface area contributed by atoms with E-state index in [1.54, 1.807) is 24.3 Å². The molecule has 1 aromatic carbocycles. The van der Waals surface area contributed by atoms with E-state index in [0.717, 1.165) is 0 Å². The number of aliphatic carboxylic acids is 1. The van der Waals surface area contributed by atoms with E-state index in [1.807, 2.05) is 0 Å². The van der Waals surface area contributed by atoms with Crippen LogP contribution in [0.4, 0.5) is 0 Å². The van der Waals surface area contributed by atoms with Gasteiger partial charge in [-0.05, 0) is 6.07 Å². The van der Waals surface area contributed by atoms with Crippen molar-refractivity contribution in [1.29, 1.82) is 0 Å². The molecule has 0 aromatic heterocycles. The topological polar surface area (TPSA) is 95.9 Å². The first kappa shape index (κ1) is 14.0. The Morgan fingerprint density at radius 2 is 2.06 bits per heavy atom. The maximum absolute atomic E-state index is 10.9. The van der Waals surface area contributed by atoms with Crippen LogP contribution in [0.2, 0.25) is 0 Å². The van der Waals surface area contributed by atoms with Crippen LogP contribution in [0.5, 0.6) is 5.75 Å². The summed E-state index contributed by atoms with van der Waals surface area (Å²) < 4.78 is 5.30. The zero-order valence-corrected chi connectivity index (χ0v) is 9.92. The molecule has 1 atom stereocenters. The highest BCUT2D eigenvalue weighted by atomic mass is 16.5. The molecule has 0 fully saturated rings. The Morgan fingerprint density at radius 1 is 1.39 bits per heavy atom. The predicted molar refractivity (Wildman–Crippen MR) is 63.1 cm³/mol. The third-order valence-corrected chi connectivity index (χ3v) is 2.22. The number of aliphatic hydroxyl groups excluding tert-OH is 1. The van der Waals surface area contributed by atoms with Gasteiger partial charge in [0.05, 0.1) is 6.61 Å². The lowest BCUT2D eigenvalue weighted by Crippen LogP contribution is -2.43. The SMILES string of the molecule is CC(=O)NC(COc1ccccc1CO)C(=O)O. The molecule has 1 aromatic rings. The quantitative estimate of drug-likeness (QED) is 0.670. The summed E-state index contributed by atoms with van der Waals surface area (Å²) in [5.41, 5.74) is 0.560. The molecule has 0 radical (unpaired) electrons. The van der Waals surface area contributed by atoms with Crippen LogP contribution in [0.25, 0.3) is 0 Å². The number of hydrogen-bond donors (Lipinski definition) is 3. The Kier molecular flexibility index (Phi) is 5.13. The third kappa shape index (κ3) is 4.06. The van der Waals surface area contributed by atoms with Crippen molar-refractivity contribution in [2.75, 3.05) is 6.61 Å². The van der Waals surface area contributed by atoms with Crippen molar-refractivity contribution < 1.29 is 24.5 Å². The first-order chi connectivity index (χ1) is 8.54. The molecular formula is C12H15NO5. The number of carboxylic acid groups (broad SMARTS) is 1. The molecule has 0 aliphatic rings. The minimum absolute atomic E-state index is 0.200. The predicted octanol–water partition coefficient (Wildman–Crippen LogP) is 0.147. The number of carbonyl (C=O) groups is 2. The molecule has 3 N–H and O–H groups in total. The van der Waals surface area contributed by atoms with Gasteiger partial charge in [-0.15, -0.1) is 0 Å². The van der Waals surface area contributed by atoms with Gasteiger partial charge >= 0.3 is 5.97 Å². The molecule has 1 amide bonds. The normalized spacial score (nSPS) is 11.7. The fraction of sp³-hybridized carbons (Fsp3) is 0.333. The second-order valence-corrected chi connectivity index (χ2v) is 3.67. The standard InChI is InChI=1S/C12H15NO5/c1-8(15)13-10(12(16)17)7-18-11-5-3-2-4-9(11)6-14/h2-5,10,14H,6-7H2,1H3,(H,13,15)(H,16,17). The second kappa shape index (κ2) is 6.61. The lowest BCUT2D eigenvalue weighted by atomic mass is 10.2. The lowest BCUT2D eigenvalue weighted by Gasteiger charge is -2.15. The Hall–Kier alpha value is -2.08. The first-order valence-corrected chi connectivity index (χ1v) is 5.36. The minimum atomic E-state index is -1.17. The van der Waals surface area contributed by atoms with E-state index < -0.39 is 17.9 Å². The van der Waals surface area contributed by atoms with Gasteiger partial charge in [0.15, 0.2) is 6.04 Å². The van der Waals surface area contributed by atoms with Gasteiger partial charge in [-0.25, -0.2) is 4.79 Å². The molecular weight excluding hydrogens is 238 g/mol. The van der Waals surface area contributed by atoms with Crippen molar-refractivity contribution in [2.45, 2.75) is 19.6 Å². The van der Waals surface area contributed by atoms with Crippen molar-refractivity contribution in [3.8, 4) is 5.75 Å². The maximum Gasteiger partial charge on any atom is 0.329 e. The van der Waals surface area contributed by atoms with Gasteiger partial charge in [0.1, 0.15) is 12.4 Å². The highest BCUT2D eigenvalue weighted by Gasteiger charge is 2.19. The summed E-state index contributed by atoms with van der Waals surface area (Å²) in [7, 11) is 0. The van der Waals surface area contributed by atoms with Crippen LogP contribution in [-0.2, 0) is 16.2 Å². The van der Waals surface area contributed by atoms with Gasteiger partial charge in [-0.1, -0.05) is 18.2 Å². The van der Waals surface area contributed by atoms with E-state index in [4.69, 9.17) is 14.9 Å². The van der Waals surface area contributed by atoms with Crippen molar-refractivity contribution in [3.63, 3.8) is 0 Å². The molecule has 1 rings (SSSR count). The van der Waals surface area contributed by atoms with Crippen LogP contribution in [-0.4, -0.2) is 34.7 Å². The molecule has 0 heterocycles. The molecule has 0 saturated carbocycles. The number of carbonyl (C=O) groups excluding carboxylic acids is 1. The summed E-state index contributed by atoms with van der Waals surface area (Å²) in [6, 6.07) is 5.62. The molecule has 6 heteroatoms. The van der Waals surface area contributed by atoms with E-state index in [-0.39, 0.29) is 13.2 Å².